The van der Waals surface area contributed by atoms with Crippen LogP contribution in [0.5, 0.6) is 5.75 Å². The third-order valence-electron chi connectivity index (χ3n) is 8.10. The summed E-state index contributed by atoms with van der Waals surface area (Å²) in [6.45, 7) is 1.78. The van der Waals surface area contributed by atoms with E-state index in [0.29, 0.717) is 35.4 Å². The lowest BCUT2D eigenvalue weighted by Gasteiger charge is -2.40. The topological polar surface area (TPSA) is 99.3 Å². The molecule has 0 saturated carbocycles. The summed E-state index contributed by atoms with van der Waals surface area (Å²) in [5.41, 5.74) is 2.14. The average Bonchev–Trinajstić information content (AvgIpc) is 2.91. The Morgan fingerprint density at radius 1 is 1.07 bits per heavy atom. The summed E-state index contributed by atoms with van der Waals surface area (Å²) in [4.78, 5) is 16.3. The monoisotopic (exact) mass is 587 g/mol. The molecule has 2 aliphatic rings. The molecule has 0 aromatic heterocycles. The molecule has 4 N–H and O–H groups in total. The van der Waals surface area contributed by atoms with Gasteiger partial charge in [0.25, 0.3) is 11.5 Å². The van der Waals surface area contributed by atoms with E-state index in [1.807, 2.05) is 6.07 Å². The Morgan fingerprint density at radius 3 is 2.20 bits per heavy atom. The highest BCUT2D eigenvalue weighted by molar-refractivity contribution is 6.31. The summed E-state index contributed by atoms with van der Waals surface area (Å²) in [5.74, 6) is -2.11. The number of aliphatic hydroxyl groups excluding tert-OH is 1. The van der Waals surface area contributed by atoms with Crippen molar-refractivity contribution >= 4 is 23.2 Å². The van der Waals surface area contributed by atoms with Gasteiger partial charge in [0.2, 0.25) is 0 Å². The molecule has 12 heteroatoms. The van der Waals surface area contributed by atoms with Gasteiger partial charge >= 0.3 is 6.18 Å². The number of likely N-dealkylation sites (tertiary alicyclic amines) is 1. The molecule has 2 atom stereocenters. The van der Waals surface area contributed by atoms with Crippen LogP contribution in [0.15, 0.2) is 36.4 Å². The largest absolute Gasteiger partial charge is 0.497 e. The first-order valence-electron chi connectivity index (χ1n) is 13.2. The predicted molar refractivity (Wildman–Crippen MR) is 142 cm³/mol. The number of nitrogens with two attached hydrogens (primary N) is 1. The Morgan fingerprint density at radius 2 is 1.68 bits per heavy atom. The number of hydrogen-bond donors (Lipinski definition) is 3. The smallest absolute Gasteiger partial charge is 0.430 e. The van der Waals surface area contributed by atoms with Crippen LogP contribution in [0.25, 0.3) is 0 Å². The number of hydrogen-bond acceptors (Lipinski definition) is 6. The highest BCUT2D eigenvalue weighted by Gasteiger charge is 2.62. The molecule has 4 rings (SSSR count). The van der Waals surface area contributed by atoms with Crippen molar-refractivity contribution in [2.75, 3.05) is 38.2 Å². The van der Waals surface area contributed by atoms with Gasteiger partial charge in [-0.3, -0.25) is 4.79 Å². The first kappa shape index (κ1) is 30.4. The quantitative estimate of drug-likeness (QED) is 0.320. The van der Waals surface area contributed by atoms with Crippen molar-refractivity contribution in [1.82, 2.24) is 4.90 Å². The molecule has 0 aliphatic carbocycles. The number of nitrogens with zero attached hydrogens (tertiary/aromatic N) is 2. The van der Waals surface area contributed by atoms with Gasteiger partial charge < -0.3 is 30.5 Å². The lowest BCUT2D eigenvalue weighted by Crippen LogP contribution is -2.57. The summed E-state index contributed by atoms with van der Waals surface area (Å²) in [6.07, 6.45) is -2.68. The molecule has 1 amide bonds. The number of ether oxygens (including phenoxy) is 1. The number of rotatable bonds is 7. The average molecular weight is 588 g/mol. The Bertz CT molecular complexity index is 1200. The molecular weight excluding hydrogens is 554 g/mol. The predicted octanol–water partition coefficient (Wildman–Crippen LogP) is 4.73. The molecule has 40 heavy (non-hydrogen) atoms. The minimum Gasteiger partial charge on any atom is -0.497 e. The second kappa shape index (κ2) is 12.1. The van der Waals surface area contributed by atoms with Gasteiger partial charge in [0, 0.05) is 54.1 Å². The molecule has 2 heterocycles. The summed E-state index contributed by atoms with van der Waals surface area (Å²) in [7, 11) is 1.16. The molecule has 1 unspecified atom stereocenters. The van der Waals surface area contributed by atoms with Gasteiger partial charge in [0.05, 0.1) is 7.11 Å². The number of anilines is 1. The molecule has 2 aromatic rings. The lowest BCUT2D eigenvalue weighted by molar-refractivity contribution is -0.262. The van der Waals surface area contributed by atoms with Crippen molar-refractivity contribution in [2.24, 2.45) is 17.6 Å². The van der Waals surface area contributed by atoms with E-state index >= 15 is 0 Å². The van der Waals surface area contributed by atoms with Crippen LogP contribution in [-0.2, 0) is 10.4 Å². The van der Waals surface area contributed by atoms with Crippen molar-refractivity contribution in [1.29, 1.82) is 0 Å². The second-order valence-electron chi connectivity index (χ2n) is 10.6. The fourth-order valence-electron chi connectivity index (χ4n) is 5.75. The van der Waals surface area contributed by atoms with E-state index in [0.717, 1.165) is 62.2 Å². The molecule has 0 bridgehead atoms. The lowest BCUT2D eigenvalue weighted by atomic mass is 9.82. The van der Waals surface area contributed by atoms with E-state index in [1.54, 1.807) is 12.1 Å². The summed E-state index contributed by atoms with van der Waals surface area (Å²) < 4.78 is 61.1. The van der Waals surface area contributed by atoms with Crippen LogP contribution in [0.1, 0.15) is 49.5 Å². The van der Waals surface area contributed by atoms with Crippen LogP contribution in [0.3, 0.4) is 0 Å². The number of amides is 1. The first-order chi connectivity index (χ1) is 18.8. The maximum Gasteiger partial charge on any atom is 0.430 e. The van der Waals surface area contributed by atoms with Gasteiger partial charge in [-0.2, -0.15) is 13.2 Å². The van der Waals surface area contributed by atoms with E-state index in [2.05, 4.69) is 4.90 Å². The van der Waals surface area contributed by atoms with E-state index in [4.69, 9.17) is 22.1 Å². The Hall–Kier alpha value is -2.60. The molecule has 220 valence electrons. The Kier molecular flexibility index (Phi) is 9.18. The van der Waals surface area contributed by atoms with Crippen molar-refractivity contribution in [2.45, 2.75) is 50.1 Å². The van der Waals surface area contributed by atoms with E-state index < -0.39 is 35.3 Å². The van der Waals surface area contributed by atoms with Crippen LogP contribution in [0.2, 0.25) is 5.02 Å². The maximum atomic E-state index is 14.1. The number of piperidine rings is 2. The molecule has 2 saturated heterocycles. The number of carbonyl (C=O) groups excluding carboxylic acids is 1. The molecule has 0 radical (unpaired) electrons. The van der Waals surface area contributed by atoms with E-state index in [9.17, 15) is 32.6 Å². The van der Waals surface area contributed by atoms with Crippen molar-refractivity contribution in [3.05, 3.63) is 58.4 Å². The fourth-order valence-corrected chi connectivity index (χ4v) is 6.04. The summed E-state index contributed by atoms with van der Waals surface area (Å²) >= 11 is 6.25. The third kappa shape index (κ3) is 6.32. The van der Waals surface area contributed by atoms with Gasteiger partial charge in [-0.25, -0.2) is 4.39 Å². The van der Waals surface area contributed by atoms with Crippen molar-refractivity contribution in [3.63, 3.8) is 0 Å². The standard InChI is InChI=1S/C28H34ClF4N3O4/c1-40-22-14-19(13-20(30)15-22)27(39,28(31,32)33)26(38)36-10-6-18(7-11-36)12-17-4-8-35(9-5-17)21-2-3-23(25(34)37)24(29)16-21/h2-3,13-18,25,37,39H,4-12,34H2,1H3/t25?,27-/m1/s1. The van der Waals surface area contributed by atoms with E-state index in [1.165, 1.54) is 0 Å². The van der Waals surface area contributed by atoms with E-state index in [-0.39, 0.29) is 24.8 Å². The second-order valence-corrected chi connectivity index (χ2v) is 11.0. The summed E-state index contributed by atoms with van der Waals surface area (Å²) in [5, 5.41) is 20.7. The van der Waals surface area contributed by atoms with Crippen LogP contribution in [-0.4, -0.2) is 60.5 Å². The first-order valence-corrected chi connectivity index (χ1v) is 13.6. The molecule has 2 fully saturated rings. The summed E-state index contributed by atoms with van der Waals surface area (Å²) in [6, 6.07) is 7.61. The number of benzene rings is 2. The van der Waals surface area contributed by atoms with Gasteiger partial charge in [-0.1, -0.05) is 17.7 Å². The minimum absolute atomic E-state index is 0.0744. The highest BCUT2D eigenvalue weighted by atomic mass is 35.5. The molecule has 7 nitrogen and oxygen atoms in total. The number of carbonyl (C=O) groups is 1. The van der Waals surface area contributed by atoms with Gasteiger partial charge in [-0.15, -0.1) is 0 Å². The van der Waals surface area contributed by atoms with Crippen LogP contribution in [0.4, 0.5) is 23.2 Å². The van der Waals surface area contributed by atoms with Crippen LogP contribution >= 0.6 is 11.6 Å². The van der Waals surface area contributed by atoms with Crippen LogP contribution in [0, 0.1) is 17.7 Å². The molecule has 0 spiro atoms. The zero-order valence-corrected chi connectivity index (χ0v) is 22.9. The normalized spacial score (nSPS) is 19.8. The fraction of sp³-hybridized carbons (Fsp3) is 0.536. The molecule has 2 aromatic carbocycles. The number of methoxy groups -OCH3 is 1. The highest BCUT2D eigenvalue weighted by Crippen LogP contribution is 2.43. The SMILES string of the molecule is COc1cc(F)cc([C@@](O)(C(=O)N2CCC(CC3CCN(c4ccc(C(N)O)c(Cl)c4)CC3)CC2)C(F)(F)F)c1. The number of alkyl halides is 3. The minimum atomic E-state index is -5.36. The van der Waals surface area contributed by atoms with Crippen molar-refractivity contribution in [3.8, 4) is 5.75 Å². The Labute approximate surface area is 235 Å². The number of halogens is 5. The third-order valence-corrected chi connectivity index (χ3v) is 8.42. The van der Waals surface area contributed by atoms with Crippen molar-refractivity contribution < 1.29 is 37.3 Å². The Balaban J connectivity index is 1.33. The van der Waals surface area contributed by atoms with Gasteiger partial charge in [-0.05, 0) is 68.2 Å². The van der Waals surface area contributed by atoms with Gasteiger partial charge in [0.1, 0.15) is 17.8 Å². The molecular formula is C28H34ClF4N3O4. The maximum absolute atomic E-state index is 14.1. The number of aliphatic hydroxyl groups is 2. The zero-order chi connectivity index (χ0) is 29.2. The van der Waals surface area contributed by atoms with Gasteiger partial charge in [0.15, 0.2) is 0 Å². The molecule has 2 aliphatic heterocycles. The van der Waals surface area contributed by atoms with Crippen LogP contribution < -0.4 is 15.4 Å². The zero-order valence-electron chi connectivity index (χ0n) is 22.1.